The predicted molar refractivity (Wildman–Crippen MR) is 60.5 cm³/mol. The van der Waals surface area contributed by atoms with Crippen molar-refractivity contribution in [2.24, 2.45) is 5.41 Å². The van der Waals surface area contributed by atoms with Gasteiger partial charge in [0.2, 0.25) is 0 Å². The maximum Gasteiger partial charge on any atom is 0.356 e. The molecule has 1 fully saturated rings. The fraction of sp³-hybridized carbons (Fsp3) is 0.667. The molecule has 1 aliphatic carbocycles. The van der Waals surface area contributed by atoms with Gasteiger partial charge in [0.05, 0.1) is 0 Å². The highest BCUT2D eigenvalue weighted by Gasteiger charge is 2.30. The van der Waals surface area contributed by atoms with Crippen LogP contribution >= 0.6 is 0 Å². The van der Waals surface area contributed by atoms with Crippen LogP contribution in [0.1, 0.15) is 61.6 Å². The van der Waals surface area contributed by atoms with E-state index in [1.54, 1.807) is 6.07 Å². The summed E-state index contributed by atoms with van der Waals surface area (Å²) in [4.78, 5) is 10.7. The molecule has 1 heterocycles. The summed E-state index contributed by atoms with van der Waals surface area (Å²) >= 11 is 0. The summed E-state index contributed by atoms with van der Waals surface area (Å²) in [7, 11) is 0. The average Bonchev–Trinajstić information content (AvgIpc) is 2.64. The highest BCUT2D eigenvalue weighted by Crippen LogP contribution is 2.42. The third kappa shape index (κ3) is 2.26. The van der Waals surface area contributed by atoms with Crippen LogP contribution in [-0.2, 0) is 0 Å². The van der Waals surface area contributed by atoms with Crippen molar-refractivity contribution in [1.82, 2.24) is 10.2 Å². The largest absolute Gasteiger partial charge is 0.476 e. The van der Waals surface area contributed by atoms with Gasteiger partial charge in [0, 0.05) is 11.6 Å². The van der Waals surface area contributed by atoms with Gasteiger partial charge in [-0.3, -0.25) is 5.10 Å². The van der Waals surface area contributed by atoms with Crippen LogP contribution in [0.4, 0.5) is 0 Å². The number of nitrogens with zero attached hydrogens (tertiary/aromatic N) is 1. The van der Waals surface area contributed by atoms with E-state index in [0.29, 0.717) is 11.3 Å². The van der Waals surface area contributed by atoms with E-state index in [4.69, 9.17) is 5.11 Å². The van der Waals surface area contributed by atoms with Crippen molar-refractivity contribution in [2.45, 2.75) is 45.4 Å². The number of carbonyl (C=O) groups is 1. The van der Waals surface area contributed by atoms with Gasteiger partial charge >= 0.3 is 5.97 Å². The summed E-state index contributed by atoms with van der Waals surface area (Å²) in [5.41, 5.74) is 1.46. The Morgan fingerprint density at radius 1 is 1.62 bits per heavy atom. The molecule has 16 heavy (non-hydrogen) atoms. The van der Waals surface area contributed by atoms with Gasteiger partial charge < -0.3 is 5.11 Å². The van der Waals surface area contributed by atoms with Gasteiger partial charge in [0.15, 0.2) is 5.69 Å². The van der Waals surface area contributed by atoms with Crippen molar-refractivity contribution >= 4 is 5.97 Å². The Kier molecular flexibility index (Phi) is 2.74. The van der Waals surface area contributed by atoms with Crippen LogP contribution in [0.5, 0.6) is 0 Å². The molecule has 1 aliphatic rings. The lowest BCUT2D eigenvalue weighted by atomic mass is 9.71. The summed E-state index contributed by atoms with van der Waals surface area (Å²) in [6, 6.07) is 1.67. The van der Waals surface area contributed by atoms with Crippen molar-refractivity contribution in [3.63, 3.8) is 0 Å². The number of carboxylic acids is 1. The molecule has 4 heteroatoms. The molecule has 4 nitrogen and oxygen atoms in total. The normalized spacial score (nSPS) is 24.2. The van der Waals surface area contributed by atoms with Crippen molar-refractivity contribution in [2.75, 3.05) is 0 Å². The molecule has 0 bridgehead atoms. The topological polar surface area (TPSA) is 66.0 Å². The van der Waals surface area contributed by atoms with E-state index in [0.717, 1.165) is 18.5 Å². The number of nitrogens with one attached hydrogen (secondary N) is 1. The zero-order chi connectivity index (χ0) is 11.8. The fourth-order valence-electron chi connectivity index (χ4n) is 2.62. The maximum absolute atomic E-state index is 10.7. The van der Waals surface area contributed by atoms with Gasteiger partial charge in [0.25, 0.3) is 0 Å². The molecule has 1 aromatic heterocycles. The van der Waals surface area contributed by atoms with E-state index >= 15 is 0 Å². The fourth-order valence-corrected chi connectivity index (χ4v) is 2.62. The zero-order valence-corrected chi connectivity index (χ0v) is 9.79. The molecule has 0 radical (unpaired) electrons. The average molecular weight is 222 g/mol. The Morgan fingerprint density at radius 3 is 2.94 bits per heavy atom. The molecule has 0 saturated heterocycles. The Bertz CT molecular complexity index is 395. The lowest BCUT2D eigenvalue weighted by Gasteiger charge is -2.34. The van der Waals surface area contributed by atoms with Crippen LogP contribution in [0.2, 0.25) is 0 Å². The van der Waals surface area contributed by atoms with Crippen LogP contribution in [0.25, 0.3) is 0 Å². The zero-order valence-electron chi connectivity index (χ0n) is 9.79. The molecule has 0 amide bonds. The number of H-pyrrole nitrogens is 1. The van der Waals surface area contributed by atoms with E-state index < -0.39 is 5.97 Å². The smallest absolute Gasteiger partial charge is 0.356 e. The third-order valence-corrected chi connectivity index (χ3v) is 3.46. The van der Waals surface area contributed by atoms with Crippen LogP contribution < -0.4 is 0 Å². The second-order valence-electron chi connectivity index (χ2n) is 5.47. The lowest BCUT2D eigenvalue weighted by Crippen LogP contribution is -2.21. The van der Waals surface area contributed by atoms with Gasteiger partial charge in [-0.05, 0) is 30.7 Å². The minimum atomic E-state index is -0.961. The van der Waals surface area contributed by atoms with Crippen molar-refractivity contribution in [3.05, 3.63) is 17.5 Å². The van der Waals surface area contributed by atoms with Crippen molar-refractivity contribution in [3.8, 4) is 0 Å². The molecule has 1 aromatic rings. The van der Waals surface area contributed by atoms with Gasteiger partial charge in [-0.1, -0.05) is 20.3 Å². The molecule has 1 saturated carbocycles. The second kappa shape index (κ2) is 3.92. The molecule has 1 unspecified atom stereocenters. The number of hydrogen-bond donors (Lipinski definition) is 2. The predicted octanol–water partition coefficient (Wildman–Crippen LogP) is 2.79. The number of hydrogen-bond acceptors (Lipinski definition) is 2. The molecule has 0 aromatic carbocycles. The highest BCUT2D eigenvalue weighted by molar-refractivity contribution is 5.85. The Labute approximate surface area is 95.1 Å². The van der Waals surface area contributed by atoms with E-state index in [1.807, 2.05) is 0 Å². The van der Waals surface area contributed by atoms with E-state index in [2.05, 4.69) is 24.0 Å². The monoisotopic (exact) mass is 222 g/mol. The third-order valence-electron chi connectivity index (χ3n) is 3.46. The number of aromatic nitrogens is 2. The Balaban J connectivity index is 2.14. The van der Waals surface area contributed by atoms with Gasteiger partial charge in [0.1, 0.15) is 0 Å². The minimum Gasteiger partial charge on any atom is -0.476 e. The number of carboxylic acid groups (broad SMARTS) is 1. The van der Waals surface area contributed by atoms with Gasteiger partial charge in [-0.15, -0.1) is 0 Å². The maximum atomic E-state index is 10.7. The summed E-state index contributed by atoms with van der Waals surface area (Å²) < 4.78 is 0. The van der Waals surface area contributed by atoms with Crippen molar-refractivity contribution < 1.29 is 9.90 Å². The first-order valence-electron chi connectivity index (χ1n) is 5.76. The minimum absolute atomic E-state index is 0.123. The second-order valence-corrected chi connectivity index (χ2v) is 5.47. The Hall–Kier alpha value is -1.32. The molecular formula is C12H18N2O2. The summed E-state index contributed by atoms with van der Waals surface area (Å²) in [5, 5.41) is 15.5. The van der Waals surface area contributed by atoms with E-state index in [1.165, 1.54) is 12.8 Å². The summed E-state index contributed by atoms with van der Waals surface area (Å²) in [6.07, 6.45) is 4.70. The quantitative estimate of drug-likeness (QED) is 0.808. The lowest BCUT2D eigenvalue weighted by molar-refractivity contribution is 0.0690. The molecule has 2 rings (SSSR count). The molecule has 0 spiro atoms. The van der Waals surface area contributed by atoms with Crippen molar-refractivity contribution in [1.29, 1.82) is 0 Å². The van der Waals surface area contributed by atoms with E-state index in [-0.39, 0.29) is 5.69 Å². The number of rotatable bonds is 2. The molecule has 1 atom stereocenters. The summed E-state index contributed by atoms with van der Waals surface area (Å²) in [5.74, 6) is -0.526. The van der Waals surface area contributed by atoms with Gasteiger partial charge in [-0.2, -0.15) is 5.10 Å². The van der Waals surface area contributed by atoms with Crippen LogP contribution in [0, 0.1) is 5.41 Å². The van der Waals surface area contributed by atoms with E-state index in [9.17, 15) is 4.79 Å². The first kappa shape index (κ1) is 11.2. The van der Waals surface area contributed by atoms with Crippen LogP contribution in [0.15, 0.2) is 6.07 Å². The first-order valence-corrected chi connectivity index (χ1v) is 5.76. The Morgan fingerprint density at radius 2 is 2.38 bits per heavy atom. The standard InChI is InChI=1S/C12H18N2O2/c1-12(2)5-3-4-8(7-12)9-6-10(11(15)16)14-13-9/h6,8H,3-5,7H2,1-2H3,(H,13,14)(H,15,16). The molecular weight excluding hydrogens is 204 g/mol. The molecule has 88 valence electrons. The van der Waals surface area contributed by atoms with Gasteiger partial charge in [-0.25, -0.2) is 4.79 Å². The van der Waals surface area contributed by atoms with Crippen LogP contribution in [-0.4, -0.2) is 21.3 Å². The molecule has 0 aliphatic heterocycles. The highest BCUT2D eigenvalue weighted by atomic mass is 16.4. The SMILES string of the molecule is CC1(C)CCCC(c2cc(C(=O)O)n[nH]2)C1. The number of aromatic carboxylic acids is 1. The first-order chi connectivity index (χ1) is 7.48. The van der Waals surface area contributed by atoms with Crippen LogP contribution in [0.3, 0.4) is 0 Å². The summed E-state index contributed by atoms with van der Waals surface area (Å²) in [6.45, 7) is 4.54. The number of aromatic amines is 1. The molecule has 2 N–H and O–H groups in total.